The fraction of sp³-hybridized carbons (Fsp3) is 0.556. The topological polar surface area (TPSA) is 29.0 Å². The highest BCUT2D eigenvalue weighted by Crippen LogP contribution is 2.30. The van der Waals surface area contributed by atoms with Crippen LogP contribution < -0.4 is 0 Å². The van der Waals surface area contributed by atoms with Crippen LogP contribution in [0.1, 0.15) is 17.9 Å². The van der Waals surface area contributed by atoms with Crippen molar-refractivity contribution < 1.29 is 0 Å². The molecule has 2 rings (SSSR count). The molecule has 0 aromatic carbocycles. The smallest absolute Gasteiger partial charge is 0.223 e. The molecule has 2 heterocycles. The highest BCUT2D eigenvalue weighted by Gasteiger charge is 2.23. The summed E-state index contributed by atoms with van der Waals surface area (Å²) in [6, 6.07) is 0. The molecule has 1 saturated heterocycles. The highest BCUT2D eigenvalue weighted by atomic mass is 35.5. The minimum absolute atomic E-state index is 0.213. The van der Waals surface area contributed by atoms with Crippen LogP contribution in [0.25, 0.3) is 0 Å². The van der Waals surface area contributed by atoms with E-state index in [-0.39, 0.29) is 5.28 Å². The fourth-order valence-electron chi connectivity index (χ4n) is 1.81. The first-order chi connectivity index (χ1) is 6.66. The summed E-state index contributed by atoms with van der Waals surface area (Å²) in [5, 5.41) is 0.704. The second kappa shape index (κ2) is 4.01. The molecule has 0 bridgehead atoms. The summed E-state index contributed by atoms with van der Waals surface area (Å²) in [4.78, 5) is 10.2. The lowest BCUT2D eigenvalue weighted by Crippen LogP contribution is -2.13. The van der Waals surface area contributed by atoms with Crippen molar-refractivity contribution in [2.45, 2.75) is 12.3 Å². The summed E-state index contributed by atoms with van der Waals surface area (Å²) < 4.78 is 0. The van der Waals surface area contributed by atoms with Crippen molar-refractivity contribution in [2.24, 2.45) is 0 Å². The third-order valence-corrected chi connectivity index (χ3v) is 3.05. The van der Waals surface area contributed by atoms with Crippen molar-refractivity contribution in [3.05, 3.63) is 22.2 Å². The molecular weight excluding hydrogens is 221 g/mol. The molecule has 0 amide bonds. The fourth-order valence-corrected chi connectivity index (χ4v) is 2.27. The molecule has 1 aromatic heterocycles. The van der Waals surface area contributed by atoms with Gasteiger partial charge in [-0.25, -0.2) is 9.97 Å². The molecule has 0 spiro atoms. The summed E-state index contributed by atoms with van der Waals surface area (Å²) in [5.41, 5.74) is 1.01. The van der Waals surface area contributed by atoms with Crippen LogP contribution in [0.2, 0.25) is 10.4 Å². The monoisotopic (exact) mass is 231 g/mol. The summed E-state index contributed by atoms with van der Waals surface area (Å²) in [5.74, 6) is 0.449. The largest absolute Gasteiger partial charge is 0.306 e. The number of rotatable bonds is 1. The van der Waals surface area contributed by atoms with Gasteiger partial charge in [-0.05, 0) is 31.6 Å². The van der Waals surface area contributed by atoms with E-state index >= 15 is 0 Å². The second-order valence-electron chi connectivity index (χ2n) is 3.63. The minimum Gasteiger partial charge on any atom is -0.306 e. The lowest BCUT2D eigenvalue weighted by atomic mass is 10.0. The highest BCUT2D eigenvalue weighted by molar-refractivity contribution is 6.32. The maximum Gasteiger partial charge on any atom is 0.223 e. The number of likely N-dealkylation sites (tertiary alicyclic amines) is 1. The number of likely N-dealkylation sites (N-methyl/N-ethyl adjacent to an activating group) is 1. The number of hydrogen-bond acceptors (Lipinski definition) is 3. The molecule has 0 saturated carbocycles. The zero-order chi connectivity index (χ0) is 10.1. The predicted molar refractivity (Wildman–Crippen MR) is 56.9 cm³/mol. The van der Waals surface area contributed by atoms with Gasteiger partial charge in [0.05, 0.1) is 0 Å². The average Bonchev–Trinajstić information content (AvgIpc) is 2.51. The Bertz CT molecular complexity index is 343. The van der Waals surface area contributed by atoms with Gasteiger partial charge < -0.3 is 4.90 Å². The number of halogens is 2. The Hall–Kier alpha value is -0.380. The Morgan fingerprint density at radius 1 is 1.50 bits per heavy atom. The molecule has 0 N–H and O–H groups in total. The van der Waals surface area contributed by atoms with E-state index in [1.165, 1.54) is 0 Å². The minimum atomic E-state index is 0.213. The Balaban J connectivity index is 2.24. The van der Waals surface area contributed by atoms with Crippen molar-refractivity contribution >= 4 is 23.2 Å². The van der Waals surface area contributed by atoms with Gasteiger partial charge in [-0.2, -0.15) is 0 Å². The van der Waals surface area contributed by atoms with Gasteiger partial charge in [0.1, 0.15) is 5.15 Å². The van der Waals surface area contributed by atoms with Gasteiger partial charge in [0.2, 0.25) is 5.28 Å². The number of aromatic nitrogens is 2. The molecule has 14 heavy (non-hydrogen) atoms. The summed E-state index contributed by atoms with van der Waals surface area (Å²) in [6.07, 6.45) is 2.85. The standard InChI is InChI=1S/C9H11Cl2N3/c1-14-3-2-6(5-14)7-4-12-9(11)13-8(7)10/h4,6H,2-3,5H2,1H3. The van der Waals surface area contributed by atoms with E-state index < -0.39 is 0 Å². The summed E-state index contributed by atoms with van der Waals surface area (Å²) in [6.45, 7) is 2.12. The third kappa shape index (κ3) is 2.00. The van der Waals surface area contributed by atoms with E-state index in [1.54, 1.807) is 6.20 Å². The first-order valence-electron chi connectivity index (χ1n) is 4.53. The van der Waals surface area contributed by atoms with Crippen LogP contribution in [0.4, 0.5) is 0 Å². The molecule has 1 fully saturated rings. The molecule has 5 heteroatoms. The summed E-state index contributed by atoms with van der Waals surface area (Å²) in [7, 11) is 2.10. The van der Waals surface area contributed by atoms with Crippen LogP contribution >= 0.6 is 23.2 Å². The predicted octanol–water partition coefficient (Wildman–Crippen LogP) is 2.20. The number of nitrogens with zero attached hydrogens (tertiary/aromatic N) is 3. The Kier molecular flexibility index (Phi) is 2.91. The van der Waals surface area contributed by atoms with Crippen molar-refractivity contribution in [2.75, 3.05) is 20.1 Å². The van der Waals surface area contributed by atoms with Gasteiger partial charge in [0.25, 0.3) is 0 Å². The number of hydrogen-bond donors (Lipinski definition) is 0. The first-order valence-corrected chi connectivity index (χ1v) is 5.29. The molecule has 1 atom stereocenters. The van der Waals surface area contributed by atoms with Crippen LogP contribution in [-0.4, -0.2) is 35.0 Å². The van der Waals surface area contributed by atoms with Crippen LogP contribution in [0.15, 0.2) is 6.20 Å². The molecule has 1 unspecified atom stereocenters. The average molecular weight is 232 g/mol. The Morgan fingerprint density at radius 2 is 2.29 bits per heavy atom. The van der Waals surface area contributed by atoms with Crippen molar-refractivity contribution in [1.29, 1.82) is 0 Å². The van der Waals surface area contributed by atoms with Crippen LogP contribution in [-0.2, 0) is 0 Å². The van der Waals surface area contributed by atoms with Crippen molar-refractivity contribution in [3.8, 4) is 0 Å². The van der Waals surface area contributed by atoms with Gasteiger partial charge in [0.15, 0.2) is 0 Å². The van der Waals surface area contributed by atoms with Gasteiger partial charge in [0, 0.05) is 24.2 Å². The van der Waals surface area contributed by atoms with Gasteiger partial charge in [-0.3, -0.25) is 0 Å². The lowest BCUT2D eigenvalue weighted by Gasteiger charge is -2.11. The van der Waals surface area contributed by atoms with Crippen molar-refractivity contribution in [3.63, 3.8) is 0 Å². The van der Waals surface area contributed by atoms with E-state index in [0.29, 0.717) is 11.1 Å². The van der Waals surface area contributed by atoms with Gasteiger partial charge in [-0.15, -0.1) is 0 Å². The van der Waals surface area contributed by atoms with Crippen LogP contribution in [0, 0.1) is 0 Å². The lowest BCUT2D eigenvalue weighted by molar-refractivity contribution is 0.411. The molecule has 76 valence electrons. The molecule has 1 aromatic rings. The Labute approximate surface area is 93.1 Å². The molecule has 3 nitrogen and oxygen atoms in total. The van der Waals surface area contributed by atoms with Gasteiger partial charge >= 0.3 is 0 Å². The quantitative estimate of drug-likeness (QED) is 0.549. The van der Waals surface area contributed by atoms with E-state index in [0.717, 1.165) is 25.1 Å². The van der Waals surface area contributed by atoms with E-state index in [2.05, 4.69) is 21.9 Å². The molecular formula is C9H11Cl2N3. The molecule has 1 aliphatic heterocycles. The van der Waals surface area contributed by atoms with E-state index in [9.17, 15) is 0 Å². The van der Waals surface area contributed by atoms with Crippen LogP contribution in [0.5, 0.6) is 0 Å². The normalized spacial score (nSPS) is 22.9. The van der Waals surface area contributed by atoms with Crippen molar-refractivity contribution in [1.82, 2.24) is 14.9 Å². The third-order valence-electron chi connectivity index (χ3n) is 2.57. The van der Waals surface area contributed by atoms with E-state index in [1.807, 2.05) is 0 Å². The Morgan fingerprint density at radius 3 is 2.86 bits per heavy atom. The summed E-state index contributed by atoms with van der Waals surface area (Å²) >= 11 is 11.6. The zero-order valence-corrected chi connectivity index (χ0v) is 9.39. The molecule has 1 aliphatic rings. The second-order valence-corrected chi connectivity index (χ2v) is 4.33. The molecule has 0 aliphatic carbocycles. The zero-order valence-electron chi connectivity index (χ0n) is 7.87. The maximum absolute atomic E-state index is 6.00. The van der Waals surface area contributed by atoms with Crippen LogP contribution in [0.3, 0.4) is 0 Å². The maximum atomic E-state index is 6.00. The molecule has 0 radical (unpaired) electrons. The van der Waals surface area contributed by atoms with Gasteiger partial charge in [-0.1, -0.05) is 11.6 Å². The SMILES string of the molecule is CN1CCC(c2cnc(Cl)nc2Cl)C1. The van der Waals surface area contributed by atoms with E-state index in [4.69, 9.17) is 23.2 Å². The first kappa shape index (κ1) is 10.1.